The largest absolute Gasteiger partial charge is 0.322 e. The van der Waals surface area contributed by atoms with Crippen LogP contribution < -0.4 is 10.6 Å². The van der Waals surface area contributed by atoms with E-state index in [1.807, 2.05) is 32.0 Å². The Balaban J connectivity index is 1.71. The van der Waals surface area contributed by atoms with Crippen LogP contribution in [0.5, 0.6) is 0 Å². The molecule has 0 aliphatic rings. The highest BCUT2D eigenvalue weighted by Crippen LogP contribution is 2.19. The number of hydrogen-bond acceptors (Lipinski definition) is 4. The number of hydrogen-bond donors (Lipinski definition) is 2. The lowest BCUT2D eigenvalue weighted by Gasteiger charge is -2.09. The van der Waals surface area contributed by atoms with Crippen molar-refractivity contribution in [1.29, 1.82) is 0 Å². The van der Waals surface area contributed by atoms with Gasteiger partial charge in [-0.3, -0.25) is 4.79 Å². The molecule has 0 spiro atoms. The van der Waals surface area contributed by atoms with Crippen LogP contribution in [-0.2, 0) is 0 Å². The number of aromatic nitrogens is 2. The first-order valence-corrected chi connectivity index (χ1v) is 7.85. The second-order valence-electron chi connectivity index (χ2n) is 5.82. The zero-order chi connectivity index (χ0) is 18.7. The highest BCUT2D eigenvalue weighted by atomic mass is 19.1. The molecule has 0 atom stereocenters. The predicted octanol–water partition coefficient (Wildman–Crippen LogP) is 4.37. The van der Waals surface area contributed by atoms with Crippen LogP contribution in [-0.4, -0.2) is 15.9 Å². The predicted molar refractivity (Wildman–Crippen MR) is 95.5 cm³/mol. The van der Waals surface area contributed by atoms with Gasteiger partial charge in [0.05, 0.1) is 11.3 Å². The molecule has 0 fully saturated rings. The molecule has 2 aromatic carbocycles. The van der Waals surface area contributed by atoms with Crippen molar-refractivity contribution in [3.8, 4) is 0 Å². The normalized spacial score (nSPS) is 10.5. The molecule has 3 rings (SSSR count). The minimum absolute atomic E-state index is 0.0406. The lowest BCUT2D eigenvalue weighted by atomic mass is 10.1. The first-order chi connectivity index (χ1) is 12.4. The Labute approximate surface area is 149 Å². The van der Waals surface area contributed by atoms with Crippen molar-refractivity contribution >= 4 is 23.2 Å². The van der Waals surface area contributed by atoms with Gasteiger partial charge >= 0.3 is 0 Å². The van der Waals surface area contributed by atoms with Crippen LogP contribution in [0.15, 0.2) is 48.8 Å². The summed E-state index contributed by atoms with van der Waals surface area (Å²) in [5.41, 5.74) is 3.06. The molecule has 0 aliphatic heterocycles. The number of aryl methyl sites for hydroxylation is 2. The first-order valence-electron chi connectivity index (χ1n) is 7.85. The molecule has 132 valence electrons. The molecule has 0 bridgehead atoms. The van der Waals surface area contributed by atoms with Crippen LogP contribution in [0.1, 0.15) is 21.5 Å². The van der Waals surface area contributed by atoms with Crippen molar-refractivity contribution in [2.24, 2.45) is 0 Å². The summed E-state index contributed by atoms with van der Waals surface area (Å²) in [5.74, 6) is -1.69. The van der Waals surface area contributed by atoms with Crippen LogP contribution in [0.2, 0.25) is 0 Å². The van der Waals surface area contributed by atoms with Gasteiger partial charge in [0.25, 0.3) is 5.91 Å². The van der Waals surface area contributed by atoms with E-state index in [-0.39, 0.29) is 23.1 Å². The highest BCUT2D eigenvalue weighted by molar-refractivity contribution is 6.04. The molecule has 0 aliphatic carbocycles. The molecule has 0 radical (unpaired) electrons. The minimum atomic E-state index is -0.759. The van der Waals surface area contributed by atoms with Crippen LogP contribution >= 0.6 is 0 Å². The number of carbonyl (C=O) groups excluding carboxylic acids is 1. The van der Waals surface area contributed by atoms with Crippen LogP contribution in [0.4, 0.5) is 26.1 Å². The second-order valence-corrected chi connectivity index (χ2v) is 5.82. The lowest BCUT2D eigenvalue weighted by molar-refractivity contribution is 0.102. The molecule has 1 heterocycles. The maximum absolute atomic E-state index is 13.6. The minimum Gasteiger partial charge on any atom is -0.322 e. The standard InChI is InChI=1S/C19H16F2N4O/c1-11-3-5-16(12(2)7-11)24-18(26)13-9-22-19(23-10-13)25-17-6-4-14(20)8-15(17)21/h3-10H,1-2H3,(H,24,26)(H,22,23,25). The summed E-state index contributed by atoms with van der Waals surface area (Å²) in [6, 6.07) is 8.83. The summed E-state index contributed by atoms with van der Waals surface area (Å²) >= 11 is 0. The fourth-order valence-electron chi connectivity index (χ4n) is 2.37. The van der Waals surface area contributed by atoms with E-state index in [1.54, 1.807) is 0 Å². The molecule has 26 heavy (non-hydrogen) atoms. The maximum atomic E-state index is 13.6. The molecule has 0 unspecified atom stereocenters. The third kappa shape index (κ3) is 4.00. The number of anilines is 3. The number of nitrogens with zero attached hydrogens (tertiary/aromatic N) is 2. The van der Waals surface area contributed by atoms with Gasteiger partial charge in [0.15, 0.2) is 0 Å². The van der Waals surface area contributed by atoms with Gasteiger partial charge in [-0.15, -0.1) is 0 Å². The van der Waals surface area contributed by atoms with Gasteiger partial charge in [-0.05, 0) is 37.6 Å². The Morgan fingerprint density at radius 3 is 2.31 bits per heavy atom. The fraction of sp³-hybridized carbons (Fsp3) is 0.105. The smallest absolute Gasteiger partial charge is 0.258 e. The van der Waals surface area contributed by atoms with Crippen molar-refractivity contribution < 1.29 is 13.6 Å². The van der Waals surface area contributed by atoms with Crippen molar-refractivity contribution in [1.82, 2.24) is 9.97 Å². The van der Waals surface area contributed by atoms with Gasteiger partial charge in [0.1, 0.15) is 11.6 Å². The van der Waals surface area contributed by atoms with Crippen LogP contribution in [0.3, 0.4) is 0 Å². The average molecular weight is 354 g/mol. The van der Waals surface area contributed by atoms with Gasteiger partial charge in [0.2, 0.25) is 5.95 Å². The Hall–Kier alpha value is -3.35. The van der Waals surface area contributed by atoms with E-state index in [4.69, 9.17) is 0 Å². The number of benzene rings is 2. The number of amides is 1. The third-order valence-corrected chi connectivity index (χ3v) is 3.72. The first kappa shape index (κ1) is 17.5. The molecule has 5 nitrogen and oxygen atoms in total. The topological polar surface area (TPSA) is 66.9 Å². The Kier molecular flexibility index (Phi) is 4.88. The highest BCUT2D eigenvalue weighted by Gasteiger charge is 2.10. The van der Waals surface area contributed by atoms with Crippen LogP contribution in [0.25, 0.3) is 0 Å². The van der Waals surface area contributed by atoms with E-state index in [2.05, 4.69) is 20.6 Å². The van der Waals surface area contributed by atoms with Gasteiger partial charge in [-0.2, -0.15) is 0 Å². The molecular weight excluding hydrogens is 338 g/mol. The van der Waals surface area contributed by atoms with E-state index in [1.165, 1.54) is 18.5 Å². The van der Waals surface area contributed by atoms with E-state index in [0.29, 0.717) is 5.69 Å². The van der Waals surface area contributed by atoms with Crippen molar-refractivity contribution in [2.45, 2.75) is 13.8 Å². The summed E-state index contributed by atoms with van der Waals surface area (Å²) in [5, 5.41) is 5.43. The Bertz CT molecular complexity index is 958. The summed E-state index contributed by atoms with van der Waals surface area (Å²) < 4.78 is 26.5. The number of carbonyl (C=O) groups is 1. The molecule has 0 saturated carbocycles. The van der Waals surface area contributed by atoms with Gasteiger partial charge in [-0.25, -0.2) is 18.7 Å². The summed E-state index contributed by atoms with van der Waals surface area (Å²) in [4.78, 5) is 20.3. The van der Waals surface area contributed by atoms with E-state index < -0.39 is 11.6 Å². The Morgan fingerprint density at radius 2 is 1.65 bits per heavy atom. The zero-order valence-corrected chi connectivity index (χ0v) is 14.2. The van der Waals surface area contributed by atoms with Crippen molar-refractivity contribution in [2.75, 3.05) is 10.6 Å². The molecule has 3 aromatic rings. The summed E-state index contributed by atoms with van der Waals surface area (Å²) in [6.45, 7) is 3.88. The van der Waals surface area contributed by atoms with E-state index in [0.717, 1.165) is 23.3 Å². The lowest BCUT2D eigenvalue weighted by Crippen LogP contribution is -2.14. The van der Waals surface area contributed by atoms with Crippen LogP contribution in [0, 0.1) is 25.5 Å². The van der Waals surface area contributed by atoms with Crippen molar-refractivity contribution in [3.63, 3.8) is 0 Å². The molecule has 1 aromatic heterocycles. The number of halogens is 2. The molecule has 2 N–H and O–H groups in total. The average Bonchev–Trinajstić information content (AvgIpc) is 2.60. The summed E-state index contributed by atoms with van der Waals surface area (Å²) in [7, 11) is 0. The fourth-order valence-corrected chi connectivity index (χ4v) is 2.37. The quantitative estimate of drug-likeness (QED) is 0.730. The maximum Gasteiger partial charge on any atom is 0.258 e. The molecule has 0 saturated heterocycles. The second kappa shape index (κ2) is 7.26. The Morgan fingerprint density at radius 1 is 0.962 bits per heavy atom. The third-order valence-electron chi connectivity index (χ3n) is 3.72. The monoisotopic (exact) mass is 354 g/mol. The van der Waals surface area contributed by atoms with Gasteiger partial charge < -0.3 is 10.6 Å². The molecule has 7 heteroatoms. The zero-order valence-electron chi connectivity index (χ0n) is 14.2. The van der Waals surface area contributed by atoms with Crippen molar-refractivity contribution in [3.05, 3.63) is 77.1 Å². The number of rotatable bonds is 4. The van der Waals surface area contributed by atoms with Gasteiger partial charge in [0, 0.05) is 24.1 Å². The van der Waals surface area contributed by atoms with E-state index in [9.17, 15) is 13.6 Å². The molecule has 1 amide bonds. The summed E-state index contributed by atoms with van der Waals surface area (Å²) in [6.07, 6.45) is 2.66. The number of nitrogens with one attached hydrogen (secondary N) is 2. The van der Waals surface area contributed by atoms with Gasteiger partial charge in [-0.1, -0.05) is 17.7 Å². The SMILES string of the molecule is Cc1ccc(NC(=O)c2cnc(Nc3ccc(F)cc3F)nc2)c(C)c1. The van der Waals surface area contributed by atoms with E-state index >= 15 is 0 Å². The molecular formula is C19H16F2N4O.